The monoisotopic (exact) mass is 249 g/mol. The molecule has 16 heavy (non-hydrogen) atoms. The maximum Gasteiger partial charge on any atom is 0.151 e. The summed E-state index contributed by atoms with van der Waals surface area (Å²) in [5.74, 6) is 1.05. The molecule has 0 radical (unpaired) electrons. The third-order valence-corrected chi connectivity index (χ3v) is 4.62. The quantitative estimate of drug-likeness (QED) is 0.573. The number of rotatable bonds is 4. The van der Waals surface area contributed by atoms with E-state index in [0.29, 0.717) is 0 Å². The molecule has 0 aliphatic carbocycles. The average Bonchev–Trinajstić information content (AvgIpc) is 2.69. The van der Waals surface area contributed by atoms with E-state index in [9.17, 15) is 0 Å². The van der Waals surface area contributed by atoms with Crippen molar-refractivity contribution in [3.05, 3.63) is 35.9 Å². The fourth-order valence-corrected chi connectivity index (χ4v) is 3.51. The maximum absolute atomic E-state index is 4.60. The molecule has 0 aliphatic heterocycles. The summed E-state index contributed by atoms with van der Waals surface area (Å²) in [6, 6.07) is 8.31. The lowest BCUT2D eigenvalue weighted by atomic mass is 10.3. The second-order valence-electron chi connectivity index (χ2n) is 3.69. The molecule has 1 aromatic carbocycles. The zero-order valence-electron chi connectivity index (χ0n) is 9.56. The molecule has 0 amide bonds. The number of fused-ring (bicyclic) bond motifs is 1. The molecular weight excluding hydrogens is 234 g/mol. The van der Waals surface area contributed by atoms with Crippen molar-refractivity contribution in [3.8, 4) is 0 Å². The highest BCUT2D eigenvalue weighted by Gasteiger charge is 2.03. The van der Waals surface area contributed by atoms with Gasteiger partial charge in [0.1, 0.15) is 0 Å². The van der Waals surface area contributed by atoms with Crippen molar-refractivity contribution >= 4 is 33.3 Å². The molecule has 1 aromatic heterocycles. The molecular formula is C13H15NS2. The Morgan fingerprint density at radius 2 is 2.25 bits per heavy atom. The molecule has 0 saturated heterocycles. The van der Waals surface area contributed by atoms with Crippen molar-refractivity contribution in [1.29, 1.82) is 0 Å². The van der Waals surface area contributed by atoms with Crippen LogP contribution in [-0.4, -0.2) is 10.7 Å². The van der Waals surface area contributed by atoms with E-state index in [-0.39, 0.29) is 0 Å². The Morgan fingerprint density at radius 3 is 3.00 bits per heavy atom. The molecule has 0 bridgehead atoms. The number of para-hydroxylation sites is 1. The van der Waals surface area contributed by atoms with Gasteiger partial charge in [-0.15, -0.1) is 11.3 Å². The molecule has 2 aromatic rings. The van der Waals surface area contributed by atoms with E-state index in [1.165, 1.54) is 14.6 Å². The first-order valence-electron chi connectivity index (χ1n) is 5.43. The van der Waals surface area contributed by atoms with E-state index >= 15 is 0 Å². The highest BCUT2D eigenvalue weighted by molar-refractivity contribution is 8.01. The topological polar surface area (TPSA) is 12.9 Å². The van der Waals surface area contributed by atoms with Gasteiger partial charge in [-0.05, 0) is 25.5 Å². The second-order valence-corrected chi connectivity index (χ2v) is 5.95. The Hall–Kier alpha value is -0.800. The van der Waals surface area contributed by atoms with E-state index in [2.05, 4.69) is 43.1 Å². The number of thioether (sulfide) groups is 1. The number of hydrogen-bond acceptors (Lipinski definition) is 3. The van der Waals surface area contributed by atoms with Gasteiger partial charge in [-0.2, -0.15) is 0 Å². The average molecular weight is 249 g/mol. The van der Waals surface area contributed by atoms with Crippen LogP contribution in [0.1, 0.15) is 20.3 Å². The Labute approximate surface area is 105 Å². The third kappa shape index (κ3) is 2.86. The van der Waals surface area contributed by atoms with Crippen molar-refractivity contribution in [1.82, 2.24) is 4.98 Å². The number of aromatic nitrogens is 1. The summed E-state index contributed by atoms with van der Waals surface area (Å²) >= 11 is 3.62. The molecule has 0 unspecified atom stereocenters. The zero-order valence-corrected chi connectivity index (χ0v) is 11.2. The molecule has 84 valence electrons. The van der Waals surface area contributed by atoms with Gasteiger partial charge in [0.15, 0.2) is 4.34 Å². The lowest BCUT2D eigenvalue weighted by molar-refractivity contribution is 1.18. The van der Waals surface area contributed by atoms with Crippen LogP contribution in [-0.2, 0) is 0 Å². The van der Waals surface area contributed by atoms with E-state index < -0.39 is 0 Å². The standard InChI is InChI=1S/C13H15NS2/c1-3-6-10(2)9-15-13-14-11-7-4-5-8-12(11)16-13/h4-8H,3,9H2,1-2H3. The van der Waals surface area contributed by atoms with Gasteiger partial charge in [-0.1, -0.05) is 42.5 Å². The van der Waals surface area contributed by atoms with Crippen molar-refractivity contribution in [3.63, 3.8) is 0 Å². The summed E-state index contributed by atoms with van der Waals surface area (Å²) in [5.41, 5.74) is 2.55. The highest BCUT2D eigenvalue weighted by atomic mass is 32.2. The van der Waals surface area contributed by atoms with E-state index in [0.717, 1.165) is 17.7 Å². The van der Waals surface area contributed by atoms with Gasteiger partial charge in [0.25, 0.3) is 0 Å². The van der Waals surface area contributed by atoms with Gasteiger partial charge < -0.3 is 0 Å². The molecule has 0 aliphatic rings. The summed E-state index contributed by atoms with van der Waals surface area (Å²) in [7, 11) is 0. The van der Waals surface area contributed by atoms with Crippen LogP contribution in [0, 0.1) is 0 Å². The van der Waals surface area contributed by atoms with Crippen LogP contribution < -0.4 is 0 Å². The van der Waals surface area contributed by atoms with Crippen LogP contribution >= 0.6 is 23.1 Å². The minimum absolute atomic E-state index is 1.05. The summed E-state index contributed by atoms with van der Waals surface area (Å²) in [6.45, 7) is 4.36. The fourth-order valence-electron chi connectivity index (χ4n) is 1.50. The Balaban J connectivity index is 2.07. The zero-order chi connectivity index (χ0) is 11.4. The van der Waals surface area contributed by atoms with Crippen molar-refractivity contribution < 1.29 is 0 Å². The molecule has 0 fully saturated rings. The third-order valence-electron chi connectivity index (χ3n) is 2.25. The summed E-state index contributed by atoms with van der Waals surface area (Å²) < 4.78 is 2.45. The van der Waals surface area contributed by atoms with Gasteiger partial charge in [-0.3, -0.25) is 0 Å². The lowest BCUT2D eigenvalue weighted by Crippen LogP contribution is -1.80. The Morgan fingerprint density at radius 1 is 1.44 bits per heavy atom. The predicted octanol–water partition coefficient (Wildman–Crippen LogP) is 4.74. The maximum atomic E-state index is 4.60. The normalized spacial score (nSPS) is 12.2. The van der Waals surface area contributed by atoms with Crippen molar-refractivity contribution in [2.24, 2.45) is 0 Å². The number of benzene rings is 1. The van der Waals surface area contributed by atoms with Gasteiger partial charge in [0.2, 0.25) is 0 Å². The molecule has 0 N–H and O–H groups in total. The van der Waals surface area contributed by atoms with Crippen LogP contribution in [0.3, 0.4) is 0 Å². The molecule has 1 heterocycles. The smallest absolute Gasteiger partial charge is 0.151 e. The van der Waals surface area contributed by atoms with Gasteiger partial charge >= 0.3 is 0 Å². The van der Waals surface area contributed by atoms with Gasteiger partial charge in [-0.25, -0.2) is 4.98 Å². The van der Waals surface area contributed by atoms with Crippen LogP contribution in [0.25, 0.3) is 10.2 Å². The molecule has 0 spiro atoms. The van der Waals surface area contributed by atoms with E-state index in [1.54, 1.807) is 11.3 Å². The molecule has 0 saturated carbocycles. The predicted molar refractivity (Wildman–Crippen MR) is 74.4 cm³/mol. The summed E-state index contributed by atoms with van der Waals surface area (Å²) in [5, 5.41) is 0. The molecule has 0 atom stereocenters. The first-order valence-corrected chi connectivity index (χ1v) is 7.24. The van der Waals surface area contributed by atoms with Gasteiger partial charge in [0.05, 0.1) is 10.2 Å². The lowest BCUT2D eigenvalue weighted by Gasteiger charge is -1.96. The highest BCUT2D eigenvalue weighted by Crippen LogP contribution is 2.30. The van der Waals surface area contributed by atoms with Gasteiger partial charge in [0, 0.05) is 5.75 Å². The van der Waals surface area contributed by atoms with Crippen molar-refractivity contribution in [2.45, 2.75) is 24.6 Å². The van der Waals surface area contributed by atoms with Crippen molar-refractivity contribution in [2.75, 3.05) is 5.75 Å². The molecule has 1 nitrogen and oxygen atoms in total. The largest absolute Gasteiger partial charge is 0.230 e. The fraction of sp³-hybridized carbons (Fsp3) is 0.308. The minimum atomic E-state index is 1.05. The summed E-state index contributed by atoms with van der Waals surface area (Å²) in [4.78, 5) is 4.60. The van der Waals surface area contributed by atoms with Crippen LogP contribution in [0.5, 0.6) is 0 Å². The van der Waals surface area contributed by atoms with E-state index in [1.807, 2.05) is 17.8 Å². The number of allylic oxidation sites excluding steroid dienone is 1. The first-order chi connectivity index (χ1) is 7.79. The van der Waals surface area contributed by atoms with Crippen LogP contribution in [0.15, 0.2) is 40.3 Å². The number of nitrogens with zero attached hydrogens (tertiary/aromatic N) is 1. The number of hydrogen-bond donors (Lipinski definition) is 0. The van der Waals surface area contributed by atoms with Crippen LogP contribution in [0.2, 0.25) is 0 Å². The van der Waals surface area contributed by atoms with Crippen LogP contribution in [0.4, 0.5) is 0 Å². The second kappa shape index (κ2) is 5.51. The minimum Gasteiger partial charge on any atom is -0.230 e. The Kier molecular flexibility index (Phi) is 4.02. The SMILES string of the molecule is CCC=C(C)CSc1nc2ccccc2s1. The first kappa shape index (κ1) is 11.7. The summed E-state index contributed by atoms with van der Waals surface area (Å²) in [6.07, 6.45) is 3.40. The van der Waals surface area contributed by atoms with E-state index in [4.69, 9.17) is 0 Å². The molecule has 2 rings (SSSR count). The Bertz CT molecular complexity index is 466. The number of thiazole rings is 1. The molecule has 3 heteroatoms.